The maximum absolute atomic E-state index is 13.6. The molecule has 0 saturated carbocycles. The van der Waals surface area contributed by atoms with Crippen molar-refractivity contribution in [2.45, 2.75) is 97.8 Å². The fourth-order valence-electron chi connectivity index (χ4n) is 8.39. The number of carbonyl (C=O) groups excluding carboxylic acids is 4. The van der Waals surface area contributed by atoms with Gasteiger partial charge in [-0.2, -0.15) is 0 Å². The van der Waals surface area contributed by atoms with Crippen LogP contribution in [-0.2, 0) is 38.4 Å². The lowest BCUT2D eigenvalue weighted by Crippen LogP contribution is -2.53. The van der Waals surface area contributed by atoms with Crippen molar-refractivity contribution in [2.75, 3.05) is 33.9 Å². The fraction of sp³-hybridized carbons (Fsp3) is 0.478. The topological polar surface area (TPSA) is 183 Å². The van der Waals surface area contributed by atoms with Gasteiger partial charge in [0.05, 0.1) is 38.4 Å². The average Bonchev–Trinajstić information content (AvgIpc) is 3.99. The van der Waals surface area contributed by atoms with Crippen molar-refractivity contribution >= 4 is 47.4 Å². The van der Waals surface area contributed by atoms with Gasteiger partial charge < -0.3 is 44.6 Å². The van der Waals surface area contributed by atoms with Gasteiger partial charge >= 0.3 is 12.2 Å². The van der Waals surface area contributed by atoms with Crippen LogP contribution in [0.25, 0.3) is 39.2 Å². The van der Waals surface area contributed by atoms with Crippen LogP contribution in [0.2, 0.25) is 0 Å². The molecule has 15 heteroatoms. The monoisotopic (exact) mass is 836 g/mol. The Morgan fingerprint density at radius 1 is 1.02 bits per heavy atom. The minimum Gasteiger partial charge on any atom is -0.456 e. The Kier molecular flexibility index (Phi) is 14.5. The zero-order chi connectivity index (χ0) is 43.8. The Hall–Kier alpha value is -6.12. The number of aryl methyl sites for hydroxylation is 2. The third kappa shape index (κ3) is 10.1. The van der Waals surface area contributed by atoms with Crippen LogP contribution in [0.5, 0.6) is 0 Å². The number of nitrogens with one attached hydrogen (secondary N) is 4. The number of likely N-dealkylation sites (tertiary alicyclic amines) is 1. The molecule has 1 aliphatic carbocycles. The first-order valence-corrected chi connectivity index (χ1v) is 21.3. The van der Waals surface area contributed by atoms with Gasteiger partial charge in [0, 0.05) is 54.0 Å². The van der Waals surface area contributed by atoms with Gasteiger partial charge in [-0.15, -0.1) is 0 Å². The normalized spacial score (nSPS) is 16.0. The van der Waals surface area contributed by atoms with Crippen LogP contribution >= 0.6 is 0 Å². The summed E-state index contributed by atoms with van der Waals surface area (Å²) < 4.78 is 16.2. The average molecular weight is 837 g/mol. The smallest absolute Gasteiger partial charge is 0.407 e. The van der Waals surface area contributed by atoms with E-state index in [1.54, 1.807) is 17.3 Å². The number of alkyl carbamates (subject to hydrolysis) is 2. The zero-order valence-electron chi connectivity index (χ0n) is 36.4. The van der Waals surface area contributed by atoms with Gasteiger partial charge in [0.2, 0.25) is 11.8 Å². The van der Waals surface area contributed by atoms with Crippen LogP contribution in [-0.4, -0.2) is 102 Å². The summed E-state index contributed by atoms with van der Waals surface area (Å²) in [4.78, 5) is 67.0. The van der Waals surface area contributed by atoms with Crippen LogP contribution in [0.3, 0.4) is 0 Å². The lowest BCUT2D eigenvalue weighted by Gasteiger charge is -2.31. The van der Waals surface area contributed by atoms with Gasteiger partial charge in [-0.1, -0.05) is 46.8 Å². The highest BCUT2D eigenvalue weighted by Crippen LogP contribution is 2.41. The van der Waals surface area contributed by atoms with Gasteiger partial charge in [-0.3, -0.25) is 14.6 Å². The molecule has 15 nitrogen and oxygen atoms in total. The van der Waals surface area contributed by atoms with Crippen molar-refractivity contribution in [1.82, 2.24) is 35.7 Å². The lowest BCUT2D eigenvalue weighted by atomic mass is 9.98. The highest BCUT2D eigenvalue weighted by atomic mass is 16.5. The molecular formula is C46H60N8O7. The molecule has 4 N–H and O–H groups in total. The first-order chi connectivity index (χ1) is 29.4. The van der Waals surface area contributed by atoms with Crippen molar-refractivity contribution < 1.29 is 33.1 Å². The number of ether oxygens (including phenoxy) is 2. The molecule has 3 heterocycles. The summed E-state index contributed by atoms with van der Waals surface area (Å²) in [5.74, 6) is 0.985. The molecular weight excluding hydrogens is 777 g/mol. The first kappa shape index (κ1) is 44.4. The molecule has 0 bridgehead atoms. The molecule has 0 radical (unpaired) electrons. The molecule has 1 aliphatic heterocycles. The lowest BCUT2D eigenvalue weighted by molar-refractivity contribution is -0.135. The number of fused-ring (bicyclic) bond motifs is 5. The van der Waals surface area contributed by atoms with Crippen LogP contribution in [0, 0.1) is 11.8 Å². The molecule has 2 aromatic heterocycles. The molecule has 6 rings (SSSR count). The van der Waals surface area contributed by atoms with Gasteiger partial charge in [-0.25, -0.2) is 14.6 Å². The number of benzene rings is 2. The van der Waals surface area contributed by atoms with E-state index < -0.39 is 24.3 Å². The maximum Gasteiger partial charge on any atom is 0.407 e. The third-order valence-corrected chi connectivity index (χ3v) is 11.6. The molecule has 1 saturated heterocycles. The summed E-state index contributed by atoms with van der Waals surface area (Å²) in [6.45, 7) is 15.2. The number of amides is 4. The number of furan rings is 1. The van der Waals surface area contributed by atoms with E-state index >= 15 is 0 Å². The number of aliphatic imine (C=N–C) groups is 1. The van der Waals surface area contributed by atoms with Gasteiger partial charge in [0.15, 0.2) is 0 Å². The molecule has 61 heavy (non-hydrogen) atoms. The third-order valence-electron chi connectivity index (χ3n) is 11.6. The Morgan fingerprint density at radius 2 is 1.75 bits per heavy atom. The van der Waals surface area contributed by atoms with E-state index in [-0.39, 0.29) is 36.2 Å². The largest absolute Gasteiger partial charge is 0.456 e. The SMILES string of the molecule is C=N/C=C(\NC[C@@H]1CCCN1C(=O)[C@@H](NC(=O)OC)C(C)C)c1ccc2oc3c(c2c1)CCCc1cc(-c2cnc(CN(CCC)C(=O)C(NC(=O)OC)C(C)C)[nH]2)ccc1-3. The summed E-state index contributed by atoms with van der Waals surface area (Å²) in [5, 5.41) is 10.0. The number of nitrogens with zero attached hydrogens (tertiary/aromatic N) is 4. The number of aromatic amines is 1. The molecule has 1 unspecified atom stereocenters. The minimum atomic E-state index is -0.721. The van der Waals surface area contributed by atoms with E-state index in [1.165, 1.54) is 19.8 Å². The van der Waals surface area contributed by atoms with E-state index in [0.717, 1.165) is 88.9 Å². The number of aromatic nitrogens is 2. The second kappa shape index (κ2) is 20.0. The Balaban J connectivity index is 1.19. The second-order valence-corrected chi connectivity index (χ2v) is 16.5. The Bertz CT molecular complexity index is 2260. The number of imidazole rings is 1. The quantitative estimate of drug-likeness (QED) is 0.0859. The van der Waals surface area contributed by atoms with Crippen molar-refractivity contribution in [2.24, 2.45) is 16.8 Å². The predicted octanol–water partition coefficient (Wildman–Crippen LogP) is 7.06. The van der Waals surface area contributed by atoms with E-state index in [0.29, 0.717) is 25.5 Å². The summed E-state index contributed by atoms with van der Waals surface area (Å²) in [6.07, 6.45) is 7.35. The molecule has 0 spiro atoms. The number of carbonyl (C=O) groups is 4. The van der Waals surface area contributed by atoms with Gasteiger partial charge in [0.1, 0.15) is 29.3 Å². The summed E-state index contributed by atoms with van der Waals surface area (Å²) in [6, 6.07) is 11.1. The maximum atomic E-state index is 13.6. The van der Waals surface area contributed by atoms with E-state index in [1.807, 2.05) is 51.7 Å². The molecule has 1 fully saturated rings. The van der Waals surface area contributed by atoms with Crippen LogP contribution in [0.1, 0.15) is 82.8 Å². The number of rotatable bonds is 16. The predicted molar refractivity (Wildman–Crippen MR) is 236 cm³/mol. The van der Waals surface area contributed by atoms with Crippen molar-refractivity contribution in [3.05, 3.63) is 71.3 Å². The molecule has 2 aliphatic rings. The Labute approximate surface area is 357 Å². The van der Waals surface area contributed by atoms with Crippen molar-refractivity contribution in [3.8, 4) is 22.6 Å². The fourth-order valence-corrected chi connectivity index (χ4v) is 8.39. The van der Waals surface area contributed by atoms with Crippen LogP contribution in [0.15, 0.2) is 58.2 Å². The number of H-pyrrole nitrogens is 1. The minimum absolute atomic E-state index is 0.0654. The van der Waals surface area contributed by atoms with Crippen LogP contribution < -0.4 is 16.0 Å². The summed E-state index contributed by atoms with van der Waals surface area (Å²) >= 11 is 0. The highest BCUT2D eigenvalue weighted by Gasteiger charge is 2.36. The molecule has 326 valence electrons. The number of hydrogen-bond acceptors (Lipinski definition) is 10. The summed E-state index contributed by atoms with van der Waals surface area (Å²) in [5.41, 5.74) is 7.74. The van der Waals surface area contributed by atoms with E-state index in [9.17, 15) is 19.2 Å². The Morgan fingerprint density at radius 3 is 2.44 bits per heavy atom. The molecule has 4 aromatic rings. The van der Waals surface area contributed by atoms with Gasteiger partial charge in [-0.05, 0) is 92.5 Å². The van der Waals surface area contributed by atoms with Crippen molar-refractivity contribution in [3.63, 3.8) is 0 Å². The van der Waals surface area contributed by atoms with Crippen LogP contribution in [0.4, 0.5) is 9.59 Å². The molecule has 2 aromatic carbocycles. The zero-order valence-corrected chi connectivity index (χ0v) is 36.4. The van der Waals surface area contributed by atoms with Crippen molar-refractivity contribution in [1.29, 1.82) is 0 Å². The van der Waals surface area contributed by atoms with E-state index in [2.05, 4.69) is 61.9 Å². The highest BCUT2D eigenvalue weighted by molar-refractivity contribution is 5.92. The number of methoxy groups -OCH3 is 2. The second-order valence-electron chi connectivity index (χ2n) is 16.5. The van der Waals surface area contributed by atoms with Gasteiger partial charge in [0.25, 0.3) is 0 Å². The number of hydrogen-bond donors (Lipinski definition) is 4. The summed E-state index contributed by atoms with van der Waals surface area (Å²) in [7, 11) is 2.58. The molecule has 3 atom stereocenters. The molecule has 4 amide bonds. The van der Waals surface area contributed by atoms with E-state index in [4.69, 9.17) is 13.9 Å². The first-order valence-electron chi connectivity index (χ1n) is 21.3. The standard InChI is InChI=1S/C46H60N8O7/c1-9-19-53(43(55)40(27(2)3)51-45(57)59-7)26-39-49-25-37(50-39)30-15-17-33-29(21-30)12-10-14-34-35-22-31(16-18-38(35)61-42(33)34)36(24-47-6)48-23-32-13-11-20-54(32)44(56)41(28(4)5)52-46(58)60-8/h15-18,21-22,24-25,27-28,32,40-41,48H,6,9-14,19-20,23,26H2,1-5,7-8H3,(H,49,50)(H,51,57)(H,52,58)/b36-24-/t32-,40?,41-/m0/s1.